The number of likely N-dealkylation sites (tertiary alicyclic amines) is 1. The molecule has 0 bridgehead atoms. The van der Waals surface area contributed by atoms with E-state index in [4.69, 9.17) is 5.73 Å². The van der Waals surface area contributed by atoms with Crippen LogP contribution in [0.25, 0.3) is 5.65 Å². The third-order valence-corrected chi connectivity index (χ3v) is 4.39. The molecule has 0 aromatic carbocycles. The highest BCUT2D eigenvalue weighted by atomic mass is 16.1. The highest BCUT2D eigenvalue weighted by Gasteiger charge is 2.26. The Balaban J connectivity index is 1.76. The Hall–Kier alpha value is -2.21. The Morgan fingerprint density at radius 1 is 1.41 bits per heavy atom. The molecular weight excluding hydrogens is 280 g/mol. The Morgan fingerprint density at radius 2 is 2.14 bits per heavy atom. The van der Waals surface area contributed by atoms with Gasteiger partial charge in [-0.3, -0.25) is 14.0 Å². The van der Waals surface area contributed by atoms with E-state index in [2.05, 4.69) is 4.98 Å². The van der Waals surface area contributed by atoms with E-state index in [9.17, 15) is 9.59 Å². The molecule has 3 rings (SSSR count). The van der Waals surface area contributed by atoms with Crippen LogP contribution in [0.4, 0.5) is 0 Å². The van der Waals surface area contributed by atoms with Crippen LogP contribution in [0.15, 0.2) is 29.2 Å². The molecule has 0 atom stereocenters. The second kappa shape index (κ2) is 5.88. The monoisotopic (exact) mass is 301 g/mol. The predicted octanol–water partition coefficient (Wildman–Crippen LogP) is -0.717. The van der Waals surface area contributed by atoms with E-state index in [0.717, 1.165) is 37.2 Å². The molecular formula is C16H21N4O2+. The Labute approximate surface area is 128 Å². The van der Waals surface area contributed by atoms with Gasteiger partial charge in [-0.05, 0) is 18.6 Å². The van der Waals surface area contributed by atoms with Gasteiger partial charge in [0.05, 0.1) is 13.1 Å². The van der Waals surface area contributed by atoms with Crippen LogP contribution in [0, 0.1) is 12.8 Å². The van der Waals surface area contributed by atoms with Crippen molar-refractivity contribution in [2.24, 2.45) is 11.7 Å². The molecule has 3 heterocycles. The number of aryl methyl sites for hydroxylation is 1. The molecule has 116 valence electrons. The number of nitrogens with one attached hydrogen (secondary N) is 1. The summed E-state index contributed by atoms with van der Waals surface area (Å²) in [7, 11) is 0. The summed E-state index contributed by atoms with van der Waals surface area (Å²) in [5.41, 5.74) is 7.83. The zero-order chi connectivity index (χ0) is 15.7. The molecule has 0 saturated carbocycles. The van der Waals surface area contributed by atoms with E-state index in [-0.39, 0.29) is 17.4 Å². The molecule has 6 nitrogen and oxygen atoms in total. The van der Waals surface area contributed by atoms with Crippen LogP contribution in [-0.2, 0) is 11.3 Å². The molecule has 1 fully saturated rings. The summed E-state index contributed by atoms with van der Waals surface area (Å²) < 4.78 is 1.58. The number of carbonyl (C=O) groups excluding carboxylic acids is 1. The van der Waals surface area contributed by atoms with Crippen LogP contribution in [0.5, 0.6) is 0 Å². The number of hydrogen-bond donors (Lipinski definition) is 2. The maximum atomic E-state index is 12.2. The second-order valence-electron chi connectivity index (χ2n) is 6.12. The number of rotatable bonds is 3. The number of pyridine rings is 1. The molecule has 0 unspecified atom stereocenters. The Bertz CT molecular complexity index is 760. The average molecular weight is 301 g/mol. The van der Waals surface area contributed by atoms with Gasteiger partial charge in [-0.25, -0.2) is 4.98 Å². The Morgan fingerprint density at radius 3 is 2.82 bits per heavy atom. The van der Waals surface area contributed by atoms with Crippen LogP contribution in [0.2, 0.25) is 0 Å². The third kappa shape index (κ3) is 3.01. The quantitative estimate of drug-likeness (QED) is 0.785. The number of quaternary nitrogens is 1. The summed E-state index contributed by atoms with van der Waals surface area (Å²) in [6.45, 7) is 4.45. The van der Waals surface area contributed by atoms with Gasteiger partial charge in [0.25, 0.3) is 5.56 Å². The van der Waals surface area contributed by atoms with Crippen molar-refractivity contribution in [1.29, 1.82) is 0 Å². The first kappa shape index (κ1) is 14.7. The zero-order valence-corrected chi connectivity index (χ0v) is 12.7. The second-order valence-corrected chi connectivity index (χ2v) is 6.12. The van der Waals surface area contributed by atoms with Crippen LogP contribution < -0.4 is 16.2 Å². The minimum absolute atomic E-state index is 0.00177. The molecule has 1 amide bonds. The van der Waals surface area contributed by atoms with Gasteiger partial charge >= 0.3 is 0 Å². The number of piperidine rings is 1. The predicted molar refractivity (Wildman–Crippen MR) is 82.5 cm³/mol. The number of nitrogens with zero attached hydrogens (tertiary/aromatic N) is 2. The van der Waals surface area contributed by atoms with Gasteiger partial charge < -0.3 is 10.6 Å². The molecule has 0 aliphatic carbocycles. The number of nitrogens with two attached hydrogens (primary N) is 1. The maximum Gasteiger partial charge on any atom is 0.258 e. The number of carbonyl (C=O) groups is 1. The van der Waals surface area contributed by atoms with E-state index in [1.807, 2.05) is 19.1 Å². The normalized spacial score (nSPS) is 21.9. The van der Waals surface area contributed by atoms with Crippen LogP contribution in [0.1, 0.15) is 24.1 Å². The van der Waals surface area contributed by atoms with Gasteiger partial charge in [-0.2, -0.15) is 0 Å². The van der Waals surface area contributed by atoms with Crippen molar-refractivity contribution in [2.45, 2.75) is 26.3 Å². The van der Waals surface area contributed by atoms with E-state index >= 15 is 0 Å². The fourth-order valence-corrected chi connectivity index (χ4v) is 3.09. The smallest absolute Gasteiger partial charge is 0.258 e. The van der Waals surface area contributed by atoms with Gasteiger partial charge in [0.2, 0.25) is 5.91 Å². The van der Waals surface area contributed by atoms with Crippen molar-refractivity contribution >= 4 is 11.6 Å². The summed E-state index contributed by atoms with van der Waals surface area (Å²) in [6.07, 6.45) is 3.44. The lowest BCUT2D eigenvalue weighted by molar-refractivity contribution is -0.919. The van der Waals surface area contributed by atoms with Crippen LogP contribution in [0.3, 0.4) is 0 Å². The molecule has 0 spiro atoms. The van der Waals surface area contributed by atoms with Crippen molar-refractivity contribution in [1.82, 2.24) is 9.38 Å². The fourth-order valence-electron chi connectivity index (χ4n) is 3.09. The highest BCUT2D eigenvalue weighted by Crippen LogP contribution is 2.08. The molecule has 1 aliphatic rings. The van der Waals surface area contributed by atoms with E-state index < -0.39 is 0 Å². The largest absolute Gasteiger partial charge is 0.369 e. The van der Waals surface area contributed by atoms with Crippen molar-refractivity contribution in [3.05, 3.63) is 46.0 Å². The van der Waals surface area contributed by atoms with Gasteiger partial charge in [-0.1, -0.05) is 6.07 Å². The number of hydrogen-bond acceptors (Lipinski definition) is 3. The minimum Gasteiger partial charge on any atom is -0.369 e. The number of aromatic nitrogens is 2. The molecule has 1 aliphatic heterocycles. The maximum absolute atomic E-state index is 12.2. The molecule has 2 aromatic heterocycles. The Kier molecular flexibility index (Phi) is 3.94. The first-order chi connectivity index (χ1) is 10.5. The lowest BCUT2D eigenvalue weighted by Gasteiger charge is -2.27. The summed E-state index contributed by atoms with van der Waals surface area (Å²) in [4.78, 5) is 29.3. The van der Waals surface area contributed by atoms with Gasteiger partial charge in [-0.15, -0.1) is 0 Å². The standard InChI is InChI=1S/C16H20N4O2/c1-11-2-3-14-18-13(8-15(21)20(14)9-11)10-19-6-4-12(5-7-19)16(17)22/h2-3,8-9,12H,4-7,10H2,1H3,(H2,17,22)/p+1. The SMILES string of the molecule is Cc1ccc2nc(C[NH+]3CCC(C(N)=O)CC3)cc(=O)n2c1. The average Bonchev–Trinajstić information content (AvgIpc) is 2.49. The van der Waals surface area contributed by atoms with Crippen LogP contribution >= 0.6 is 0 Å². The van der Waals surface area contributed by atoms with E-state index in [1.54, 1.807) is 16.7 Å². The third-order valence-electron chi connectivity index (χ3n) is 4.39. The van der Waals surface area contributed by atoms with Crippen LogP contribution in [-0.4, -0.2) is 28.4 Å². The summed E-state index contributed by atoms with van der Waals surface area (Å²) >= 11 is 0. The molecule has 1 saturated heterocycles. The first-order valence-electron chi connectivity index (χ1n) is 7.65. The first-order valence-corrected chi connectivity index (χ1v) is 7.65. The van der Waals surface area contributed by atoms with Crippen molar-refractivity contribution < 1.29 is 9.69 Å². The molecule has 2 aromatic rings. The number of amides is 1. The van der Waals surface area contributed by atoms with E-state index in [1.165, 1.54) is 4.90 Å². The summed E-state index contributed by atoms with van der Waals surface area (Å²) in [5.74, 6) is -0.196. The summed E-state index contributed by atoms with van der Waals surface area (Å²) in [5, 5.41) is 0. The summed E-state index contributed by atoms with van der Waals surface area (Å²) in [6, 6.07) is 5.44. The number of primary amides is 1. The van der Waals surface area contributed by atoms with Crippen molar-refractivity contribution in [3.8, 4) is 0 Å². The van der Waals surface area contributed by atoms with Gasteiger partial charge in [0.15, 0.2) is 0 Å². The fraction of sp³-hybridized carbons (Fsp3) is 0.438. The van der Waals surface area contributed by atoms with Gasteiger partial charge in [0.1, 0.15) is 17.9 Å². The van der Waals surface area contributed by atoms with Crippen molar-refractivity contribution in [3.63, 3.8) is 0 Å². The zero-order valence-electron chi connectivity index (χ0n) is 12.7. The molecule has 6 heteroatoms. The molecule has 3 N–H and O–H groups in total. The topological polar surface area (TPSA) is 81.9 Å². The molecule has 22 heavy (non-hydrogen) atoms. The van der Waals surface area contributed by atoms with E-state index in [0.29, 0.717) is 12.2 Å². The van der Waals surface area contributed by atoms with Gasteiger partial charge in [0, 0.05) is 31.0 Å². The lowest BCUT2D eigenvalue weighted by Crippen LogP contribution is -3.12. The lowest BCUT2D eigenvalue weighted by atomic mass is 9.96. The minimum atomic E-state index is -0.198. The highest BCUT2D eigenvalue weighted by molar-refractivity contribution is 5.76. The van der Waals surface area contributed by atoms with Crippen molar-refractivity contribution in [2.75, 3.05) is 13.1 Å². The molecule has 0 radical (unpaired) electrons. The number of fused-ring (bicyclic) bond motifs is 1.